The van der Waals surface area contributed by atoms with E-state index < -0.39 is 15.6 Å². The Hall–Kier alpha value is -1.60. The molecule has 1 aliphatic carbocycles. The monoisotopic (exact) mass is 378 g/mol. The normalized spacial score (nSPS) is 25.3. The van der Waals surface area contributed by atoms with E-state index in [0.717, 1.165) is 24.2 Å². The minimum atomic E-state index is -3.16. The molecule has 2 heterocycles. The summed E-state index contributed by atoms with van der Waals surface area (Å²) in [5, 5.41) is 3.21. The third-order valence-electron chi connectivity index (χ3n) is 5.85. The van der Waals surface area contributed by atoms with E-state index in [1.807, 2.05) is 24.3 Å². The third kappa shape index (κ3) is 3.34. The van der Waals surface area contributed by atoms with Crippen LogP contribution in [0.15, 0.2) is 24.3 Å². The van der Waals surface area contributed by atoms with Gasteiger partial charge in [0.25, 0.3) is 0 Å². The minimum absolute atomic E-state index is 0.0672. The number of nitrogens with zero attached hydrogens (tertiary/aromatic N) is 1. The van der Waals surface area contributed by atoms with Crippen LogP contribution in [0.5, 0.6) is 5.75 Å². The first kappa shape index (κ1) is 17.8. The molecule has 1 atom stereocenters. The molecule has 1 unspecified atom stereocenters. The quantitative estimate of drug-likeness (QED) is 0.872. The number of ether oxygens (including phenoxy) is 1. The fourth-order valence-corrected chi connectivity index (χ4v) is 5.15. The maximum atomic E-state index is 12.3. The summed E-state index contributed by atoms with van der Waals surface area (Å²) in [5.41, 5.74) is 0.617. The zero-order valence-corrected chi connectivity index (χ0v) is 15.9. The molecule has 1 amide bonds. The Morgan fingerprint density at radius 1 is 1.27 bits per heavy atom. The number of para-hydroxylation sites is 1. The number of rotatable bonds is 4. The smallest absolute Gasteiger partial charge is 0.223 e. The van der Waals surface area contributed by atoms with E-state index in [0.29, 0.717) is 32.4 Å². The molecule has 1 aromatic carbocycles. The van der Waals surface area contributed by atoms with Gasteiger partial charge in [-0.15, -0.1) is 0 Å². The van der Waals surface area contributed by atoms with Crippen LogP contribution in [0.25, 0.3) is 0 Å². The highest BCUT2D eigenvalue weighted by Crippen LogP contribution is 2.45. The Kier molecular flexibility index (Phi) is 4.47. The molecule has 3 aliphatic rings. The van der Waals surface area contributed by atoms with Crippen molar-refractivity contribution >= 4 is 15.9 Å². The van der Waals surface area contributed by atoms with E-state index in [1.54, 1.807) is 11.2 Å². The molecule has 1 aromatic rings. The van der Waals surface area contributed by atoms with E-state index in [1.165, 1.54) is 0 Å². The molecule has 0 radical (unpaired) electrons. The molecule has 7 heteroatoms. The molecule has 1 saturated heterocycles. The molecule has 4 rings (SSSR count). The highest BCUT2D eigenvalue weighted by molar-refractivity contribution is 7.89. The second kappa shape index (κ2) is 6.53. The number of piperidine rings is 1. The fourth-order valence-electron chi connectivity index (χ4n) is 4.04. The number of hydrogen-bond acceptors (Lipinski definition) is 4. The Morgan fingerprint density at radius 3 is 2.62 bits per heavy atom. The van der Waals surface area contributed by atoms with Gasteiger partial charge in [0.2, 0.25) is 15.9 Å². The standard InChI is InChI=1S/C19H26N2O4S/c1-2-26(23,24)21-11-9-19(10-12-21)13-16(20-18(22)14-7-8-14)15-5-3-4-6-17(15)25-19/h3-6,14,16H,2,7-13H2,1H3,(H,20,22). The van der Waals surface area contributed by atoms with Crippen LogP contribution in [0.2, 0.25) is 0 Å². The van der Waals surface area contributed by atoms with Gasteiger partial charge in [-0.3, -0.25) is 4.79 Å². The number of benzene rings is 1. The molecular formula is C19H26N2O4S. The molecule has 142 valence electrons. The van der Waals surface area contributed by atoms with E-state index in [-0.39, 0.29) is 23.6 Å². The van der Waals surface area contributed by atoms with Crippen LogP contribution in [0, 0.1) is 5.92 Å². The van der Waals surface area contributed by atoms with Crippen LogP contribution in [0.3, 0.4) is 0 Å². The van der Waals surface area contributed by atoms with Gasteiger partial charge in [0.05, 0.1) is 11.8 Å². The number of nitrogens with one attached hydrogen (secondary N) is 1. The van der Waals surface area contributed by atoms with Gasteiger partial charge < -0.3 is 10.1 Å². The van der Waals surface area contributed by atoms with Gasteiger partial charge in [-0.25, -0.2) is 12.7 Å². The SMILES string of the molecule is CCS(=O)(=O)N1CCC2(CC1)CC(NC(=O)C1CC1)c1ccccc1O2. The Bertz CT molecular complexity index is 796. The highest BCUT2D eigenvalue weighted by Gasteiger charge is 2.45. The summed E-state index contributed by atoms with van der Waals surface area (Å²) in [6.45, 7) is 2.62. The van der Waals surface area contributed by atoms with Gasteiger partial charge in [-0.1, -0.05) is 18.2 Å². The first-order valence-corrected chi connectivity index (χ1v) is 11.1. The Morgan fingerprint density at radius 2 is 1.96 bits per heavy atom. The van der Waals surface area contributed by atoms with Crippen LogP contribution in [-0.4, -0.2) is 43.1 Å². The van der Waals surface area contributed by atoms with Crippen molar-refractivity contribution in [1.29, 1.82) is 0 Å². The molecule has 0 aromatic heterocycles. The molecule has 6 nitrogen and oxygen atoms in total. The molecule has 1 spiro atoms. The van der Waals surface area contributed by atoms with Crippen LogP contribution in [0.4, 0.5) is 0 Å². The summed E-state index contributed by atoms with van der Waals surface area (Å²) < 4.78 is 32.2. The summed E-state index contributed by atoms with van der Waals surface area (Å²) in [4.78, 5) is 12.3. The van der Waals surface area contributed by atoms with Crippen LogP contribution in [-0.2, 0) is 14.8 Å². The van der Waals surface area contributed by atoms with Gasteiger partial charge in [-0.2, -0.15) is 0 Å². The number of carbonyl (C=O) groups excluding carboxylic acids is 1. The molecule has 0 bridgehead atoms. The average molecular weight is 378 g/mol. The maximum Gasteiger partial charge on any atom is 0.223 e. The Balaban J connectivity index is 1.54. The van der Waals surface area contributed by atoms with E-state index in [2.05, 4.69) is 5.32 Å². The zero-order valence-electron chi connectivity index (χ0n) is 15.1. The van der Waals surface area contributed by atoms with Gasteiger partial charge in [-0.05, 0) is 25.8 Å². The van der Waals surface area contributed by atoms with Crippen LogP contribution in [0.1, 0.15) is 50.6 Å². The van der Waals surface area contributed by atoms with Gasteiger partial charge in [0, 0.05) is 43.8 Å². The first-order valence-electron chi connectivity index (χ1n) is 9.49. The van der Waals surface area contributed by atoms with Crippen molar-refractivity contribution in [2.75, 3.05) is 18.8 Å². The molecule has 1 N–H and O–H groups in total. The zero-order chi connectivity index (χ0) is 18.4. The Labute approximate surface area is 155 Å². The summed E-state index contributed by atoms with van der Waals surface area (Å²) in [6.07, 6.45) is 3.95. The van der Waals surface area contributed by atoms with Gasteiger partial charge in [0.1, 0.15) is 11.4 Å². The third-order valence-corrected chi connectivity index (χ3v) is 7.74. The summed E-state index contributed by atoms with van der Waals surface area (Å²) in [7, 11) is -3.16. The second-order valence-corrected chi connectivity index (χ2v) is 9.92. The summed E-state index contributed by atoms with van der Waals surface area (Å²) in [6, 6.07) is 7.79. The predicted octanol–water partition coefficient (Wildman–Crippen LogP) is 2.22. The lowest BCUT2D eigenvalue weighted by atomic mass is 9.81. The van der Waals surface area contributed by atoms with E-state index >= 15 is 0 Å². The summed E-state index contributed by atoms with van der Waals surface area (Å²) >= 11 is 0. The molecular weight excluding hydrogens is 352 g/mol. The lowest BCUT2D eigenvalue weighted by molar-refractivity contribution is -0.123. The van der Waals surface area contributed by atoms with Crippen molar-refractivity contribution < 1.29 is 17.9 Å². The largest absolute Gasteiger partial charge is 0.487 e. The van der Waals surface area contributed by atoms with E-state index in [9.17, 15) is 13.2 Å². The van der Waals surface area contributed by atoms with Crippen LogP contribution >= 0.6 is 0 Å². The fraction of sp³-hybridized carbons (Fsp3) is 0.632. The van der Waals surface area contributed by atoms with Crippen LogP contribution < -0.4 is 10.1 Å². The highest BCUT2D eigenvalue weighted by atomic mass is 32.2. The van der Waals surface area contributed by atoms with Crippen molar-refractivity contribution in [3.8, 4) is 5.75 Å². The van der Waals surface area contributed by atoms with Gasteiger partial charge in [0.15, 0.2) is 0 Å². The van der Waals surface area contributed by atoms with Crippen molar-refractivity contribution in [2.24, 2.45) is 5.92 Å². The average Bonchev–Trinajstić information content (AvgIpc) is 3.47. The molecule has 1 saturated carbocycles. The van der Waals surface area contributed by atoms with Crippen molar-refractivity contribution in [1.82, 2.24) is 9.62 Å². The lowest BCUT2D eigenvalue weighted by Gasteiger charge is -2.46. The number of sulfonamides is 1. The maximum absolute atomic E-state index is 12.3. The summed E-state index contributed by atoms with van der Waals surface area (Å²) in [5.74, 6) is 1.24. The number of fused-ring (bicyclic) bond motifs is 1. The molecule has 2 aliphatic heterocycles. The second-order valence-electron chi connectivity index (χ2n) is 7.66. The number of hydrogen-bond donors (Lipinski definition) is 1. The lowest BCUT2D eigenvalue weighted by Crippen LogP contribution is -2.53. The predicted molar refractivity (Wildman–Crippen MR) is 98.3 cm³/mol. The first-order chi connectivity index (χ1) is 12.4. The number of carbonyl (C=O) groups is 1. The van der Waals surface area contributed by atoms with Crippen molar-refractivity contribution in [2.45, 2.75) is 50.7 Å². The molecule has 26 heavy (non-hydrogen) atoms. The minimum Gasteiger partial charge on any atom is -0.487 e. The topological polar surface area (TPSA) is 75.7 Å². The van der Waals surface area contributed by atoms with E-state index in [4.69, 9.17) is 4.74 Å². The molecule has 2 fully saturated rings. The van der Waals surface area contributed by atoms with Crippen molar-refractivity contribution in [3.05, 3.63) is 29.8 Å². The van der Waals surface area contributed by atoms with Crippen molar-refractivity contribution in [3.63, 3.8) is 0 Å². The van der Waals surface area contributed by atoms with Gasteiger partial charge >= 0.3 is 0 Å². The number of amides is 1.